The van der Waals surface area contributed by atoms with E-state index in [1.54, 1.807) is 32.2 Å². The maximum Gasteiger partial charge on any atom is 0.307 e. The van der Waals surface area contributed by atoms with Crippen molar-refractivity contribution in [2.24, 2.45) is 5.10 Å². The zero-order chi connectivity index (χ0) is 21.5. The van der Waals surface area contributed by atoms with Crippen LogP contribution in [0.3, 0.4) is 0 Å². The summed E-state index contributed by atoms with van der Waals surface area (Å²) in [6, 6.07) is 9.75. The van der Waals surface area contributed by atoms with Gasteiger partial charge in [-0.1, -0.05) is 11.8 Å². The van der Waals surface area contributed by atoms with Gasteiger partial charge in [0.2, 0.25) is 0 Å². The van der Waals surface area contributed by atoms with Crippen LogP contribution in [-0.2, 0) is 5.75 Å². The van der Waals surface area contributed by atoms with Crippen molar-refractivity contribution in [1.82, 2.24) is 15.4 Å². The lowest BCUT2D eigenvalue weighted by atomic mass is 10.1. The number of halogens is 2. The summed E-state index contributed by atoms with van der Waals surface area (Å²) in [5.41, 5.74) is 4.06. The minimum Gasteiger partial charge on any atom is -0.496 e. The van der Waals surface area contributed by atoms with E-state index in [0.717, 1.165) is 5.56 Å². The Balaban J connectivity index is 1.70. The molecule has 7 nitrogen and oxygen atoms in total. The molecule has 0 bridgehead atoms. The summed E-state index contributed by atoms with van der Waals surface area (Å²) in [6.07, 6.45) is 0.220. The number of hydrazone groups is 1. The Morgan fingerprint density at radius 3 is 2.87 bits per heavy atom. The summed E-state index contributed by atoms with van der Waals surface area (Å²) in [7, 11) is 1.54. The standard InChI is InChI=1S/C20H18F2N4O3S/c1-12-8-15(18(21)22)25-20(24-12)30-11-14-9-13(5-6-16(14)28-2)10-23-26-19(27)17-4-3-7-29-17/h3-10,18H,11H2,1-2H3,(H,26,27)/b23-10-. The number of nitrogens with one attached hydrogen (secondary N) is 1. The first-order chi connectivity index (χ1) is 14.5. The first kappa shape index (κ1) is 21.4. The van der Waals surface area contributed by atoms with E-state index in [-0.39, 0.29) is 16.6 Å². The van der Waals surface area contributed by atoms with Crippen LogP contribution in [0, 0.1) is 6.92 Å². The number of nitrogens with zero attached hydrogens (tertiary/aromatic N) is 3. The maximum absolute atomic E-state index is 13.0. The molecule has 1 amide bonds. The number of thioether (sulfide) groups is 1. The van der Waals surface area contributed by atoms with Crippen LogP contribution < -0.4 is 10.2 Å². The van der Waals surface area contributed by atoms with Crippen LogP contribution in [0.2, 0.25) is 0 Å². The lowest BCUT2D eigenvalue weighted by Gasteiger charge is -2.10. The van der Waals surface area contributed by atoms with Gasteiger partial charge in [0.05, 0.1) is 19.6 Å². The quantitative estimate of drug-likeness (QED) is 0.246. The van der Waals surface area contributed by atoms with Crippen molar-refractivity contribution in [3.8, 4) is 5.75 Å². The van der Waals surface area contributed by atoms with Crippen LogP contribution in [0.4, 0.5) is 8.78 Å². The normalized spacial score (nSPS) is 11.2. The molecule has 0 aliphatic rings. The third-order valence-electron chi connectivity index (χ3n) is 3.86. The molecule has 0 aliphatic heterocycles. The van der Waals surface area contributed by atoms with Crippen molar-refractivity contribution in [1.29, 1.82) is 0 Å². The molecule has 0 spiro atoms. The topological polar surface area (TPSA) is 89.6 Å². The van der Waals surface area contributed by atoms with E-state index < -0.39 is 12.3 Å². The summed E-state index contributed by atoms with van der Waals surface area (Å²) in [4.78, 5) is 19.9. The van der Waals surface area contributed by atoms with Crippen molar-refractivity contribution >= 4 is 23.9 Å². The molecule has 3 aromatic rings. The van der Waals surface area contributed by atoms with Crippen LogP contribution in [0.15, 0.2) is 57.3 Å². The van der Waals surface area contributed by atoms with Crippen molar-refractivity contribution in [2.45, 2.75) is 24.3 Å². The Morgan fingerprint density at radius 2 is 2.17 bits per heavy atom. The van der Waals surface area contributed by atoms with Crippen LogP contribution in [-0.4, -0.2) is 29.2 Å². The molecule has 0 saturated carbocycles. The molecule has 0 aliphatic carbocycles. The number of carbonyl (C=O) groups excluding carboxylic acids is 1. The van der Waals surface area contributed by atoms with Crippen molar-refractivity contribution in [3.63, 3.8) is 0 Å². The highest BCUT2D eigenvalue weighted by atomic mass is 32.2. The van der Waals surface area contributed by atoms with Crippen molar-refractivity contribution in [2.75, 3.05) is 7.11 Å². The molecule has 0 radical (unpaired) electrons. The van der Waals surface area contributed by atoms with Gasteiger partial charge in [-0.25, -0.2) is 24.2 Å². The Labute approximate surface area is 175 Å². The fraction of sp³-hybridized carbons (Fsp3) is 0.200. The maximum atomic E-state index is 13.0. The summed E-state index contributed by atoms with van der Waals surface area (Å²) >= 11 is 1.22. The fourth-order valence-corrected chi connectivity index (χ4v) is 3.39. The lowest BCUT2D eigenvalue weighted by Crippen LogP contribution is -2.16. The highest BCUT2D eigenvalue weighted by Gasteiger charge is 2.13. The van der Waals surface area contributed by atoms with Crippen LogP contribution in [0.25, 0.3) is 0 Å². The molecule has 2 heterocycles. The van der Waals surface area contributed by atoms with Gasteiger partial charge in [0.1, 0.15) is 11.4 Å². The van der Waals surface area contributed by atoms with E-state index in [4.69, 9.17) is 9.15 Å². The molecule has 3 rings (SSSR count). The zero-order valence-electron chi connectivity index (χ0n) is 16.1. The predicted molar refractivity (Wildman–Crippen MR) is 108 cm³/mol. The van der Waals surface area contributed by atoms with Gasteiger partial charge in [0.25, 0.3) is 6.43 Å². The van der Waals surface area contributed by atoms with Gasteiger partial charge in [-0.2, -0.15) is 5.10 Å². The number of amides is 1. The number of alkyl halides is 2. The molecule has 2 aromatic heterocycles. The Kier molecular flexibility index (Phi) is 7.12. The fourth-order valence-electron chi connectivity index (χ4n) is 2.50. The van der Waals surface area contributed by atoms with Gasteiger partial charge in [-0.3, -0.25) is 4.79 Å². The van der Waals surface area contributed by atoms with Crippen LogP contribution >= 0.6 is 11.8 Å². The monoisotopic (exact) mass is 432 g/mol. The van der Waals surface area contributed by atoms with E-state index >= 15 is 0 Å². The molecule has 1 N–H and O–H groups in total. The zero-order valence-corrected chi connectivity index (χ0v) is 17.0. The molecule has 30 heavy (non-hydrogen) atoms. The van der Waals surface area contributed by atoms with Crippen molar-refractivity contribution < 1.29 is 22.7 Å². The molecule has 0 saturated heterocycles. The van der Waals surface area contributed by atoms with E-state index in [1.807, 2.05) is 6.07 Å². The average molecular weight is 432 g/mol. The van der Waals surface area contributed by atoms with Crippen LogP contribution in [0.5, 0.6) is 5.75 Å². The number of aryl methyl sites for hydroxylation is 1. The third-order valence-corrected chi connectivity index (χ3v) is 4.76. The minimum atomic E-state index is -2.66. The molecule has 0 fully saturated rings. The number of aromatic nitrogens is 2. The van der Waals surface area contributed by atoms with Gasteiger partial charge in [0, 0.05) is 17.0 Å². The van der Waals surface area contributed by atoms with Gasteiger partial charge >= 0.3 is 5.91 Å². The van der Waals surface area contributed by atoms with E-state index in [0.29, 0.717) is 22.8 Å². The van der Waals surface area contributed by atoms with Crippen LogP contribution in [0.1, 0.15) is 39.5 Å². The minimum absolute atomic E-state index is 0.153. The summed E-state index contributed by atoms with van der Waals surface area (Å²) in [5.74, 6) is 0.712. The SMILES string of the molecule is COc1ccc(/C=N\NC(=O)c2ccco2)cc1CSc1nc(C)cc(C(F)F)n1. The Bertz CT molecular complexity index is 1040. The second kappa shape index (κ2) is 9.97. The first-order valence-electron chi connectivity index (χ1n) is 8.76. The number of benzene rings is 1. The second-order valence-corrected chi connectivity index (χ2v) is 7.00. The number of hydrogen-bond donors (Lipinski definition) is 1. The Hall–Kier alpha value is -3.27. The second-order valence-electron chi connectivity index (χ2n) is 6.05. The lowest BCUT2D eigenvalue weighted by molar-refractivity contribution is 0.0927. The van der Waals surface area contributed by atoms with Gasteiger partial charge in [-0.05, 0) is 48.9 Å². The number of ether oxygens (including phenoxy) is 1. The largest absolute Gasteiger partial charge is 0.496 e. The van der Waals surface area contributed by atoms with Gasteiger partial charge in [0.15, 0.2) is 10.9 Å². The summed E-state index contributed by atoms with van der Waals surface area (Å²) in [6.45, 7) is 1.65. The van der Waals surface area contributed by atoms with Crippen molar-refractivity contribution in [3.05, 3.63) is 70.9 Å². The smallest absolute Gasteiger partial charge is 0.307 e. The molecule has 0 unspecified atom stereocenters. The summed E-state index contributed by atoms with van der Waals surface area (Å²) in [5, 5.41) is 4.18. The van der Waals surface area contributed by atoms with Gasteiger partial charge < -0.3 is 9.15 Å². The Morgan fingerprint density at radius 1 is 1.33 bits per heavy atom. The highest BCUT2D eigenvalue weighted by molar-refractivity contribution is 7.98. The van der Waals surface area contributed by atoms with E-state index in [2.05, 4.69) is 20.5 Å². The molecule has 1 aromatic carbocycles. The molecular formula is C20H18F2N4O3S. The predicted octanol–water partition coefficient (Wildman–Crippen LogP) is 4.38. The number of rotatable bonds is 8. The average Bonchev–Trinajstić information content (AvgIpc) is 3.27. The van der Waals surface area contributed by atoms with E-state index in [9.17, 15) is 13.6 Å². The number of methoxy groups -OCH3 is 1. The molecule has 0 atom stereocenters. The summed E-state index contributed by atoms with van der Waals surface area (Å²) < 4.78 is 36.3. The number of furan rings is 1. The molecule has 10 heteroatoms. The number of carbonyl (C=O) groups is 1. The highest BCUT2D eigenvalue weighted by Crippen LogP contribution is 2.28. The third kappa shape index (κ3) is 5.63. The molecular weight excluding hydrogens is 414 g/mol. The number of hydrogen-bond acceptors (Lipinski definition) is 7. The van der Waals surface area contributed by atoms with E-state index in [1.165, 1.54) is 36.4 Å². The first-order valence-corrected chi connectivity index (χ1v) is 9.75. The van der Waals surface area contributed by atoms with Gasteiger partial charge in [-0.15, -0.1) is 0 Å². The molecule has 156 valence electrons.